The molecule has 72 valence electrons. The summed E-state index contributed by atoms with van der Waals surface area (Å²) in [6.45, 7) is 1.71. The van der Waals surface area contributed by atoms with Crippen LogP contribution in [0.5, 0.6) is 0 Å². The van der Waals surface area contributed by atoms with Crippen LogP contribution < -0.4 is 11.5 Å². The lowest BCUT2D eigenvalue weighted by Gasteiger charge is -2.31. The van der Waals surface area contributed by atoms with Gasteiger partial charge in [0.2, 0.25) is 0 Å². The topological polar surface area (TPSA) is 52.0 Å². The molecule has 0 saturated heterocycles. The van der Waals surface area contributed by atoms with Gasteiger partial charge in [0.25, 0.3) is 0 Å². The van der Waals surface area contributed by atoms with Gasteiger partial charge in [-0.05, 0) is 37.8 Å². The zero-order valence-corrected chi connectivity index (χ0v) is 7.97. The minimum Gasteiger partial charge on any atom is -0.330 e. The summed E-state index contributed by atoms with van der Waals surface area (Å²) in [4.78, 5) is 0. The standard InChI is InChI=1S/C10H22N2/c11-7-5-9-3-1-2-4-10(9)6-8-12/h9-10H,1-8,11-12H2. The predicted octanol–water partition coefficient (Wildman–Crippen LogP) is 1.49. The van der Waals surface area contributed by atoms with Crippen LogP contribution in [0.1, 0.15) is 38.5 Å². The third kappa shape index (κ3) is 2.76. The minimum absolute atomic E-state index is 0.853. The molecule has 1 aliphatic carbocycles. The summed E-state index contributed by atoms with van der Waals surface area (Å²) in [7, 11) is 0. The third-order valence-electron chi connectivity index (χ3n) is 3.14. The molecule has 0 spiro atoms. The number of hydrogen-bond donors (Lipinski definition) is 2. The van der Waals surface area contributed by atoms with Crippen molar-refractivity contribution in [2.24, 2.45) is 23.3 Å². The van der Waals surface area contributed by atoms with E-state index in [0.717, 1.165) is 24.9 Å². The fourth-order valence-corrected chi connectivity index (χ4v) is 2.47. The van der Waals surface area contributed by atoms with Gasteiger partial charge >= 0.3 is 0 Å². The Morgan fingerprint density at radius 1 is 0.833 bits per heavy atom. The molecular formula is C10H22N2. The summed E-state index contributed by atoms with van der Waals surface area (Å²) in [5, 5.41) is 0. The molecule has 1 fully saturated rings. The van der Waals surface area contributed by atoms with E-state index in [1.807, 2.05) is 0 Å². The molecule has 0 amide bonds. The average molecular weight is 170 g/mol. The largest absolute Gasteiger partial charge is 0.330 e. The lowest BCUT2D eigenvalue weighted by Crippen LogP contribution is -2.24. The normalized spacial score (nSPS) is 30.5. The van der Waals surface area contributed by atoms with Crippen LogP contribution in [0.4, 0.5) is 0 Å². The molecule has 1 aliphatic rings. The van der Waals surface area contributed by atoms with Gasteiger partial charge in [0, 0.05) is 0 Å². The molecule has 1 saturated carbocycles. The van der Waals surface area contributed by atoms with Crippen molar-refractivity contribution in [3.05, 3.63) is 0 Å². The highest BCUT2D eigenvalue weighted by atomic mass is 14.5. The maximum atomic E-state index is 5.59. The van der Waals surface area contributed by atoms with Gasteiger partial charge in [-0.3, -0.25) is 0 Å². The van der Waals surface area contributed by atoms with Gasteiger partial charge in [-0.2, -0.15) is 0 Å². The molecule has 2 atom stereocenters. The van der Waals surface area contributed by atoms with Crippen molar-refractivity contribution in [3.63, 3.8) is 0 Å². The molecule has 4 N–H and O–H groups in total. The second kappa shape index (κ2) is 5.55. The Bertz CT molecular complexity index is 96.4. The van der Waals surface area contributed by atoms with E-state index in [0.29, 0.717) is 0 Å². The smallest absolute Gasteiger partial charge is 0.00745 e. The molecule has 0 radical (unpaired) electrons. The fourth-order valence-electron chi connectivity index (χ4n) is 2.47. The van der Waals surface area contributed by atoms with Crippen LogP contribution in [0.25, 0.3) is 0 Å². The van der Waals surface area contributed by atoms with Crippen LogP contribution in [0.2, 0.25) is 0 Å². The molecule has 0 aliphatic heterocycles. The average Bonchev–Trinajstić information content (AvgIpc) is 2.09. The summed E-state index contributed by atoms with van der Waals surface area (Å²) < 4.78 is 0. The maximum absolute atomic E-state index is 5.59. The summed E-state index contributed by atoms with van der Waals surface area (Å²) in [5.41, 5.74) is 11.2. The zero-order valence-electron chi connectivity index (χ0n) is 7.97. The molecule has 0 bridgehead atoms. The first kappa shape index (κ1) is 10.0. The van der Waals surface area contributed by atoms with E-state index >= 15 is 0 Å². The van der Waals surface area contributed by atoms with E-state index in [1.165, 1.54) is 38.5 Å². The van der Waals surface area contributed by atoms with Gasteiger partial charge in [0.15, 0.2) is 0 Å². The van der Waals surface area contributed by atoms with Gasteiger partial charge in [0.05, 0.1) is 0 Å². The molecule has 0 aromatic heterocycles. The molecule has 1 rings (SSSR count). The van der Waals surface area contributed by atoms with Crippen LogP contribution in [0, 0.1) is 11.8 Å². The number of nitrogens with two attached hydrogens (primary N) is 2. The molecule has 0 aromatic rings. The van der Waals surface area contributed by atoms with Crippen molar-refractivity contribution in [2.45, 2.75) is 38.5 Å². The highest BCUT2D eigenvalue weighted by Crippen LogP contribution is 2.33. The van der Waals surface area contributed by atoms with Crippen molar-refractivity contribution < 1.29 is 0 Å². The fraction of sp³-hybridized carbons (Fsp3) is 1.00. The summed E-state index contributed by atoms with van der Waals surface area (Å²) in [5.74, 6) is 1.76. The monoisotopic (exact) mass is 170 g/mol. The lowest BCUT2D eigenvalue weighted by atomic mass is 9.76. The Morgan fingerprint density at radius 2 is 1.25 bits per heavy atom. The van der Waals surface area contributed by atoms with Gasteiger partial charge in [-0.25, -0.2) is 0 Å². The molecule has 0 heterocycles. The Balaban J connectivity index is 2.31. The number of hydrogen-bond acceptors (Lipinski definition) is 2. The zero-order chi connectivity index (χ0) is 8.81. The second-order valence-electron chi connectivity index (χ2n) is 3.96. The van der Waals surface area contributed by atoms with Gasteiger partial charge in [-0.1, -0.05) is 25.7 Å². The van der Waals surface area contributed by atoms with Crippen LogP contribution in [0.3, 0.4) is 0 Å². The van der Waals surface area contributed by atoms with Crippen LogP contribution in [-0.4, -0.2) is 13.1 Å². The van der Waals surface area contributed by atoms with E-state index < -0.39 is 0 Å². The first-order valence-electron chi connectivity index (χ1n) is 5.28. The van der Waals surface area contributed by atoms with E-state index in [9.17, 15) is 0 Å². The van der Waals surface area contributed by atoms with Crippen molar-refractivity contribution in [2.75, 3.05) is 13.1 Å². The predicted molar refractivity (Wildman–Crippen MR) is 52.8 cm³/mol. The summed E-state index contributed by atoms with van der Waals surface area (Å²) in [6, 6.07) is 0. The Kier molecular flexibility index (Phi) is 4.62. The first-order chi connectivity index (χ1) is 5.88. The molecule has 2 unspecified atom stereocenters. The van der Waals surface area contributed by atoms with Crippen LogP contribution >= 0.6 is 0 Å². The minimum atomic E-state index is 0.853. The van der Waals surface area contributed by atoms with E-state index in [1.54, 1.807) is 0 Å². The van der Waals surface area contributed by atoms with Gasteiger partial charge < -0.3 is 11.5 Å². The van der Waals surface area contributed by atoms with E-state index in [-0.39, 0.29) is 0 Å². The quantitative estimate of drug-likeness (QED) is 0.671. The highest BCUT2D eigenvalue weighted by Gasteiger charge is 2.23. The maximum Gasteiger partial charge on any atom is -0.00745 e. The molecule has 0 aromatic carbocycles. The molecule has 2 nitrogen and oxygen atoms in total. The Labute approximate surface area is 75.7 Å². The van der Waals surface area contributed by atoms with Crippen molar-refractivity contribution >= 4 is 0 Å². The van der Waals surface area contributed by atoms with Crippen molar-refractivity contribution in [1.29, 1.82) is 0 Å². The lowest BCUT2D eigenvalue weighted by molar-refractivity contribution is 0.217. The summed E-state index contributed by atoms with van der Waals surface area (Å²) in [6.07, 6.45) is 8.02. The Morgan fingerprint density at radius 3 is 1.58 bits per heavy atom. The van der Waals surface area contributed by atoms with Crippen molar-refractivity contribution in [3.8, 4) is 0 Å². The van der Waals surface area contributed by atoms with Gasteiger partial charge in [-0.15, -0.1) is 0 Å². The SMILES string of the molecule is NCCC1CCCCC1CCN. The summed E-state index contributed by atoms with van der Waals surface area (Å²) >= 11 is 0. The third-order valence-corrected chi connectivity index (χ3v) is 3.14. The second-order valence-corrected chi connectivity index (χ2v) is 3.96. The Hall–Kier alpha value is -0.0800. The van der Waals surface area contributed by atoms with E-state index in [2.05, 4.69) is 0 Å². The van der Waals surface area contributed by atoms with Gasteiger partial charge in [0.1, 0.15) is 0 Å². The highest BCUT2D eigenvalue weighted by molar-refractivity contribution is 4.75. The van der Waals surface area contributed by atoms with Crippen LogP contribution in [-0.2, 0) is 0 Å². The molecule has 2 heteroatoms. The van der Waals surface area contributed by atoms with Crippen LogP contribution in [0.15, 0.2) is 0 Å². The first-order valence-corrected chi connectivity index (χ1v) is 5.28. The molecule has 12 heavy (non-hydrogen) atoms. The number of rotatable bonds is 4. The van der Waals surface area contributed by atoms with Crippen molar-refractivity contribution in [1.82, 2.24) is 0 Å². The van der Waals surface area contributed by atoms with E-state index in [4.69, 9.17) is 11.5 Å². The molecular weight excluding hydrogens is 148 g/mol.